The number of nitrogens with one attached hydrogen (secondary N) is 1. The lowest BCUT2D eigenvalue weighted by Crippen LogP contribution is -2.14. The van der Waals surface area contributed by atoms with Crippen molar-refractivity contribution < 1.29 is 4.79 Å². The fraction of sp³-hybridized carbons (Fsp3) is 0.100. The standard InChI is InChI=1S/C20H14ClN7OS2/c1-12-23-17(27-28(12)16-5-3-2-4-15(16)21)18(29)24-19-25-26-20(31-19)30-11-14-8-6-13(10-22)7-9-14/h2-9H,11H2,1H3,(H,24,25,29). The highest BCUT2D eigenvalue weighted by molar-refractivity contribution is 8.00. The van der Waals surface area contributed by atoms with Gasteiger partial charge in [-0.2, -0.15) is 5.26 Å². The van der Waals surface area contributed by atoms with Gasteiger partial charge in [-0.25, -0.2) is 9.67 Å². The molecule has 2 aromatic carbocycles. The van der Waals surface area contributed by atoms with Gasteiger partial charge in [0.05, 0.1) is 22.3 Å². The van der Waals surface area contributed by atoms with Crippen molar-refractivity contribution in [1.29, 1.82) is 5.26 Å². The summed E-state index contributed by atoms with van der Waals surface area (Å²) in [6, 6.07) is 16.6. The van der Waals surface area contributed by atoms with Crippen LogP contribution in [0.15, 0.2) is 52.9 Å². The highest BCUT2D eigenvalue weighted by atomic mass is 35.5. The molecule has 0 aliphatic heterocycles. The maximum atomic E-state index is 12.6. The summed E-state index contributed by atoms with van der Waals surface area (Å²) >= 11 is 8.98. The monoisotopic (exact) mass is 467 g/mol. The molecule has 2 heterocycles. The molecule has 0 spiro atoms. The van der Waals surface area contributed by atoms with Gasteiger partial charge in [0.1, 0.15) is 5.82 Å². The lowest BCUT2D eigenvalue weighted by Gasteiger charge is -2.04. The summed E-state index contributed by atoms with van der Waals surface area (Å²) in [5, 5.41) is 24.8. The summed E-state index contributed by atoms with van der Waals surface area (Å²) in [7, 11) is 0. The van der Waals surface area contributed by atoms with Crippen molar-refractivity contribution in [2.45, 2.75) is 17.0 Å². The van der Waals surface area contributed by atoms with Crippen molar-refractivity contribution in [1.82, 2.24) is 25.0 Å². The molecule has 0 aliphatic carbocycles. The quantitative estimate of drug-likeness (QED) is 0.328. The molecule has 4 aromatic rings. The van der Waals surface area contributed by atoms with Crippen molar-refractivity contribution in [2.24, 2.45) is 0 Å². The molecule has 0 fully saturated rings. The number of anilines is 1. The van der Waals surface area contributed by atoms with Gasteiger partial charge in [-0.3, -0.25) is 10.1 Å². The first-order valence-corrected chi connectivity index (χ1v) is 11.2. The molecule has 154 valence electrons. The summed E-state index contributed by atoms with van der Waals surface area (Å²) < 4.78 is 2.24. The van der Waals surface area contributed by atoms with Crippen LogP contribution in [0.4, 0.5) is 5.13 Å². The van der Waals surface area contributed by atoms with Crippen LogP contribution < -0.4 is 5.32 Å². The molecule has 0 unspecified atom stereocenters. The fourth-order valence-electron chi connectivity index (χ4n) is 2.63. The Morgan fingerprint density at radius 2 is 2.00 bits per heavy atom. The number of nitrogens with zero attached hydrogens (tertiary/aromatic N) is 6. The minimum absolute atomic E-state index is 0.0133. The number of rotatable bonds is 6. The molecule has 11 heteroatoms. The van der Waals surface area contributed by atoms with Crippen molar-refractivity contribution in [3.05, 3.63) is 76.3 Å². The van der Waals surface area contributed by atoms with E-state index in [0.29, 0.717) is 37.3 Å². The Balaban J connectivity index is 1.40. The maximum absolute atomic E-state index is 12.6. The van der Waals surface area contributed by atoms with E-state index in [9.17, 15) is 4.79 Å². The predicted molar refractivity (Wildman–Crippen MR) is 120 cm³/mol. The SMILES string of the molecule is Cc1nc(C(=O)Nc2nnc(SCc3ccc(C#N)cc3)s2)nn1-c1ccccc1Cl. The number of para-hydroxylation sites is 1. The van der Waals surface area contributed by atoms with Gasteiger partial charge in [0.25, 0.3) is 5.91 Å². The predicted octanol–water partition coefficient (Wildman–Crippen LogP) is 4.50. The lowest BCUT2D eigenvalue weighted by atomic mass is 10.2. The summed E-state index contributed by atoms with van der Waals surface area (Å²) in [6.45, 7) is 1.75. The summed E-state index contributed by atoms with van der Waals surface area (Å²) in [4.78, 5) is 16.8. The summed E-state index contributed by atoms with van der Waals surface area (Å²) in [6.07, 6.45) is 0. The zero-order chi connectivity index (χ0) is 21.8. The Morgan fingerprint density at radius 3 is 2.74 bits per heavy atom. The van der Waals surface area contributed by atoms with Crippen LogP contribution in [0.2, 0.25) is 5.02 Å². The number of carbonyl (C=O) groups excluding carboxylic acids is 1. The van der Waals surface area contributed by atoms with E-state index in [1.165, 1.54) is 27.8 Å². The van der Waals surface area contributed by atoms with Crippen LogP contribution in [0.25, 0.3) is 5.69 Å². The number of aromatic nitrogens is 5. The van der Waals surface area contributed by atoms with Gasteiger partial charge in [0.15, 0.2) is 4.34 Å². The van der Waals surface area contributed by atoms with Gasteiger partial charge in [-0.1, -0.05) is 59.0 Å². The number of hydrogen-bond donors (Lipinski definition) is 1. The number of benzene rings is 2. The molecule has 1 N–H and O–H groups in total. The topological polar surface area (TPSA) is 109 Å². The van der Waals surface area contributed by atoms with Gasteiger partial charge < -0.3 is 0 Å². The summed E-state index contributed by atoms with van der Waals surface area (Å²) in [5.74, 6) is 0.749. The first kappa shape index (κ1) is 21.0. The first-order chi connectivity index (χ1) is 15.0. The van der Waals surface area contributed by atoms with E-state index in [0.717, 1.165) is 5.56 Å². The number of nitriles is 1. The summed E-state index contributed by atoms with van der Waals surface area (Å²) in [5.41, 5.74) is 2.33. The Bertz CT molecular complexity index is 1280. The molecule has 4 rings (SSSR count). The van der Waals surface area contributed by atoms with E-state index in [1.807, 2.05) is 24.3 Å². The minimum Gasteiger partial charge on any atom is -0.294 e. The fourth-order valence-corrected chi connectivity index (χ4v) is 4.55. The van der Waals surface area contributed by atoms with Crippen LogP contribution in [-0.4, -0.2) is 30.9 Å². The van der Waals surface area contributed by atoms with Crippen LogP contribution >= 0.6 is 34.7 Å². The van der Waals surface area contributed by atoms with E-state index in [4.69, 9.17) is 16.9 Å². The van der Waals surface area contributed by atoms with E-state index in [1.54, 1.807) is 31.2 Å². The molecule has 2 aromatic heterocycles. The van der Waals surface area contributed by atoms with Crippen LogP contribution in [0, 0.1) is 18.3 Å². The van der Waals surface area contributed by atoms with Crippen molar-refractivity contribution in [2.75, 3.05) is 5.32 Å². The Kier molecular flexibility index (Phi) is 6.27. The van der Waals surface area contributed by atoms with Gasteiger partial charge in [0.2, 0.25) is 11.0 Å². The number of thioether (sulfide) groups is 1. The molecule has 0 aliphatic rings. The Hall–Kier alpha value is -3.26. The number of aryl methyl sites for hydroxylation is 1. The number of amides is 1. The largest absolute Gasteiger partial charge is 0.297 e. The molecular formula is C20H14ClN7OS2. The number of hydrogen-bond acceptors (Lipinski definition) is 8. The van der Waals surface area contributed by atoms with Crippen LogP contribution in [-0.2, 0) is 5.75 Å². The average molecular weight is 468 g/mol. The van der Waals surface area contributed by atoms with Crippen molar-refractivity contribution >= 4 is 45.7 Å². The molecule has 0 bridgehead atoms. The van der Waals surface area contributed by atoms with Gasteiger partial charge in [0, 0.05) is 5.75 Å². The molecule has 8 nitrogen and oxygen atoms in total. The number of carbonyl (C=O) groups is 1. The Morgan fingerprint density at radius 1 is 1.23 bits per heavy atom. The van der Waals surface area contributed by atoms with Gasteiger partial charge >= 0.3 is 0 Å². The molecule has 0 radical (unpaired) electrons. The molecular weight excluding hydrogens is 454 g/mol. The third-order valence-corrected chi connectivity index (χ3v) is 6.49. The second kappa shape index (κ2) is 9.26. The molecule has 31 heavy (non-hydrogen) atoms. The number of halogens is 1. The highest BCUT2D eigenvalue weighted by Gasteiger charge is 2.18. The second-order valence-electron chi connectivity index (χ2n) is 6.27. The van der Waals surface area contributed by atoms with Crippen molar-refractivity contribution in [3.8, 4) is 11.8 Å². The third-order valence-electron chi connectivity index (χ3n) is 4.12. The minimum atomic E-state index is -0.478. The zero-order valence-corrected chi connectivity index (χ0v) is 18.5. The maximum Gasteiger partial charge on any atom is 0.297 e. The van der Waals surface area contributed by atoms with Crippen LogP contribution in [0.5, 0.6) is 0 Å². The normalized spacial score (nSPS) is 10.6. The smallest absolute Gasteiger partial charge is 0.294 e. The molecule has 0 atom stereocenters. The third kappa shape index (κ3) is 4.91. The highest BCUT2D eigenvalue weighted by Crippen LogP contribution is 2.28. The van der Waals surface area contributed by atoms with E-state index in [-0.39, 0.29) is 5.82 Å². The van der Waals surface area contributed by atoms with Gasteiger partial charge in [-0.15, -0.1) is 15.3 Å². The van der Waals surface area contributed by atoms with Gasteiger partial charge in [-0.05, 0) is 36.8 Å². The molecule has 1 amide bonds. The van der Waals surface area contributed by atoms with E-state index in [2.05, 4.69) is 31.7 Å². The molecule has 0 saturated heterocycles. The zero-order valence-electron chi connectivity index (χ0n) is 16.1. The molecule has 0 saturated carbocycles. The van der Waals surface area contributed by atoms with E-state index < -0.39 is 5.91 Å². The average Bonchev–Trinajstić information content (AvgIpc) is 3.39. The van der Waals surface area contributed by atoms with Crippen LogP contribution in [0.3, 0.4) is 0 Å². The van der Waals surface area contributed by atoms with Crippen molar-refractivity contribution in [3.63, 3.8) is 0 Å². The lowest BCUT2D eigenvalue weighted by molar-refractivity contribution is 0.101. The van der Waals surface area contributed by atoms with Crippen LogP contribution in [0.1, 0.15) is 27.6 Å². The Labute approximate surface area is 190 Å². The second-order valence-corrected chi connectivity index (χ2v) is 8.88. The van der Waals surface area contributed by atoms with E-state index >= 15 is 0 Å². The first-order valence-electron chi connectivity index (χ1n) is 8.99.